The average Bonchev–Trinajstić information content (AvgIpc) is 2.37. The minimum atomic E-state index is -0.247. The Morgan fingerprint density at radius 2 is 2.19 bits per heavy atom. The Balaban J connectivity index is 2.09. The number of nitrogens with zero attached hydrogens (tertiary/aromatic N) is 2. The monoisotopic (exact) mass is 291 g/mol. The number of carbonyl (C=O) groups excluding carboxylic acids is 1. The molecule has 1 aliphatic rings. The van der Waals surface area contributed by atoms with Crippen LogP contribution >= 0.6 is 0 Å². The van der Waals surface area contributed by atoms with Gasteiger partial charge in [0.25, 0.3) is 0 Å². The summed E-state index contributed by atoms with van der Waals surface area (Å²) in [6.07, 6.45) is 4.90. The number of nitrogen functional groups attached to an aromatic ring is 1. The van der Waals surface area contributed by atoms with E-state index in [1.165, 1.54) is 13.3 Å². The van der Waals surface area contributed by atoms with Gasteiger partial charge in [0.05, 0.1) is 5.56 Å². The second kappa shape index (κ2) is 6.51. The van der Waals surface area contributed by atoms with Crippen molar-refractivity contribution in [2.45, 2.75) is 51.7 Å². The lowest BCUT2D eigenvalue weighted by Crippen LogP contribution is -2.33. The van der Waals surface area contributed by atoms with Crippen molar-refractivity contribution in [1.82, 2.24) is 9.97 Å². The van der Waals surface area contributed by atoms with Crippen LogP contribution in [0.3, 0.4) is 0 Å². The van der Waals surface area contributed by atoms with Crippen molar-refractivity contribution in [2.24, 2.45) is 0 Å². The van der Waals surface area contributed by atoms with Gasteiger partial charge in [-0.3, -0.25) is 4.79 Å². The Morgan fingerprint density at radius 1 is 1.43 bits per heavy atom. The molecule has 0 spiro atoms. The van der Waals surface area contributed by atoms with E-state index in [2.05, 4.69) is 15.3 Å². The number of nitrogens with one attached hydrogen (secondary N) is 2. The Morgan fingerprint density at radius 3 is 2.86 bits per heavy atom. The van der Waals surface area contributed by atoms with Crippen LogP contribution in [0.5, 0.6) is 0 Å². The molecule has 0 aliphatic heterocycles. The summed E-state index contributed by atoms with van der Waals surface area (Å²) in [4.78, 5) is 19.2. The first-order valence-corrected chi connectivity index (χ1v) is 7.07. The van der Waals surface area contributed by atoms with E-state index in [1.54, 1.807) is 6.92 Å². The number of carbonyl (C=O) groups is 1. The molecular formula is C14H21N5O2. The highest BCUT2D eigenvalue weighted by Crippen LogP contribution is 2.26. The maximum atomic E-state index is 11.1. The van der Waals surface area contributed by atoms with Crippen LogP contribution in [0.1, 0.15) is 45.1 Å². The highest BCUT2D eigenvalue weighted by Gasteiger charge is 2.25. The van der Waals surface area contributed by atoms with Crippen LogP contribution in [0.2, 0.25) is 0 Å². The summed E-state index contributed by atoms with van der Waals surface area (Å²) >= 11 is 0. The number of ether oxygens (including phenoxy) is 1. The largest absolute Gasteiger partial charge is 0.462 e. The van der Waals surface area contributed by atoms with Gasteiger partial charge < -0.3 is 21.2 Å². The van der Waals surface area contributed by atoms with E-state index < -0.39 is 0 Å². The van der Waals surface area contributed by atoms with Crippen molar-refractivity contribution in [2.75, 3.05) is 11.1 Å². The van der Waals surface area contributed by atoms with Gasteiger partial charge in [0, 0.05) is 25.1 Å². The molecule has 0 radical (unpaired) electrons. The molecule has 114 valence electrons. The summed E-state index contributed by atoms with van der Waals surface area (Å²) in [5, 5.41) is 11.1. The van der Waals surface area contributed by atoms with Gasteiger partial charge in [-0.1, -0.05) is 0 Å². The SMILES string of the molecule is CC(=N)c1c(N)ncnc1NC1CCCC(OC(C)=O)C1. The van der Waals surface area contributed by atoms with E-state index in [0.717, 1.165) is 25.7 Å². The number of anilines is 2. The molecule has 7 heteroatoms. The van der Waals surface area contributed by atoms with Gasteiger partial charge in [-0.25, -0.2) is 9.97 Å². The zero-order valence-electron chi connectivity index (χ0n) is 12.3. The molecule has 7 nitrogen and oxygen atoms in total. The summed E-state index contributed by atoms with van der Waals surface area (Å²) in [5.41, 5.74) is 6.68. The van der Waals surface area contributed by atoms with Gasteiger partial charge in [-0.15, -0.1) is 0 Å². The number of nitrogens with two attached hydrogens (primary N) is 1. The van der Waals surface area contributed by atoms with Gasteiger partial charge in [-0.2, -0.15) is 0 Å². The smallest absolute Gasteiger partial charge is 0.302 e. The zero-order valence-corrected chi connectivity index (χ0v) is 12.3. The lowest BCUT2D eigenvalue weighted by atomic mass is 9.92. The third kappa shape index (κ3) is 3.90. The molecule has 1 aromatic heterocycles. The van der Waals surface area contributed by atoms with Crippen LogP contribution in [0.25, 0.3) is 0 Å². The number of hydrogen-bond acceptors (Lipinski definition) is 7. The van der Waals surface area contributed by atoms with Crippen molar-refractivity contribution in [1.29, 1.82) is 5.41 Å². The molecule has 1 heterocycles. The summed E-state index contributed by atoms with van der Waals surface area (Å²) in [6.45, 7) is 3.08. The second-order valence-corrected chi connectivity index (χ2v) is 5.35. The Labute approximate surface area is 123 Å². The van der Waals surface area contributed by atoms with Crippen LogP contribution in [-0.4, -0.2) is 33.8 Å². The van der Waals surface area contributed by atoms with Crippen molar-refractivity contribution in [3.63, 3.8) is 0 Å². The fraction of sp³-hybridized carbons (Fsp3) is 0.571. The van der Waals surface area contributed by atoms with E-state index in [0.29, 0.717) is 22.9 Å². The lowest BCUT2D eigenvalue weighted by Gasteiger charge is -2.30. The number of hydrogen-bond donors (Lipinski definition) is 3. The van der Waals surface area contributed by atoms with E-state index >= 15 is 0 Å². The zero-order chi connectivity index (χ0) is 15.4. The quantitative estimate of drug-likeness (QED) is 0.575. The highest BCUT2D eigenvalue weighted by atomic mass is 16.5. The summed E-state index contributed by atoms with van der Waals surface area (Å²) < 4.78 is 5.28. The first-order chi connectivity index (χ1) is 9.97. The molecule has 0 bridgehead atoms. The Hall–Kier alpha value is -2.18. The third-order valence-electron chi connectivity index (χ3n) is 3.55. The Bertz CT molecular complexity index is 546. The summed E-state index contributed by atoms with van der Waals surface area (Å²) in [7, 11) is 0. The third-order valence-corrected chi connectivity index (χ3v) is 3.55. The van der Waals surface area contributed by atoms with Crippen molar-refractivity contribution >= 4 is 23.3 Å². The van der Waals surface area contributed by atoms with Crippen LogP contribution in [-0.2, 0) is 9.53 Å². The fourth-order valence-corrected chi connectivity index (χ4v) is 2.69. The first-order valence-electron chi connectivity index (χ1n) is 7.07. The van der Waals surface area contributed by atoms with Crippen molar-refractivity contribution in [3.05, 3.63) is 11.9 Å². The molecule has 1 aromatic rings. The van der Waals surface area contributed by atoms with E-state index in [9.17, 15) is 4.79 Å². The molecule has 0 aromatic carbocycles. The average molecular weight is 291 g/mol. The minimum absolute atomic E-state index is 0.0579. The predicted molar refractivity (Wildman–Crippen MR) is 80.4 cm³/mol. The van der Waals surface area contributed by atoms with Crippen LogP contribution in [0, 0.1) is 5.41 Å². The second-order valence-electron chi connectivity index (χ2n) is 5.35. The molecule has 4 N–H and O–H groups in total. The number of esters is 1. The molecule has 1 aliphatic carbocycles. The lowest BCUT2D eigenvalue weighted by molar-refractivity contribution is -0.147. The summed E-state index contributed by atoms with van der Waals surface area (Å²) in [5.74, 6) is 0.624. The molecule has 0 amide bonds. The molecule has 2 unspecified atom stereocenters. The van der Waals surface area contributed by atoms with Gasteiger partial charge >= 0.3 is 5.97 Å². The first kappa shape index (κ1) is 15.2. The van der Waals surface area contributed by atoms with Gasteiger partial charge in [0.1, 0.15) is 24.1 Å². The maximum Gasteiger partial charge on any atom is 0.302 e. The van der Waals surface area contributed by atoms with Gasteiger partial charge in [0.2, 0.25) is 0 Å². The fourth-order valence-electron chi connectivity index (χ4n) is 2.69. The molecule has 2 rings (SSSR count). The highest BCUT2D eigenvalue weighted by molar-refractivity contribution is 6.04. The standard InChI is InChI=1S/C14H21N5O2/c1-8(15)12-13(16)17-7-18-14(12)19-10-4-3-5-11(6-10)21-9(2)20/h7,10-11,15H,3-6H2,1-2H3,(H3,16,17,18,19). The normalized spacial score (nSPS) is 21.6. The van der Waals surface area contributed by atoms with E-state index in [1.807, 2.05) is 0 Å². The Kier molecular flexibility index (Phi) is 4.72. The van der Waals surface area contributed by atoms with Crippen molar-refractivity contribution < 1.29 is 9.53 Å². The van der Waals surface area contributed by atoms with Crippen LogP contribution < -0.4 is 11.1 Å². The summed E-state index contributed by atoms with van der Waals surface area (Å²) in [6, 6.07) is 0.149. The number of rotatable bonds is 4. The molecule has 1 fully saturated rings. The van der Waals surface area contributed by atoms with E-state index in [-0.39, 0.29) is 18.1 Å². The molecule has 2 atom stereocenters. The predicted octanol–water partition coefficient (Wildman–Crippen LogP) is 1.73. The maximum absolute atomic E-state index is 11.1. The topological polar surface area (TPSA) is 114 Å². The van der Waals surface area contributed by atoms with Gasteiger partial charge in [0.15, 0.2) is 0 Å². The van der Waals surface area contributed by atoms with Crippen molar-refractivity contribution in [3.8, 4) is 0 Å². The molecule has 21 heavy (non-hydrogen) atoms. The molecular weight excluding hydrogens is 270 g/mol. The molecule has 1 saturated carbocycles. The minimum Gasteiger partial charge on any atom is -0.462 e. The van der Waals surface area contributed by atoms with Gasteiger partial charge in [-0.05, 0) is 26.2 Å². The van der Waals surface area contributed by atoms with Crippen LogP contribution in [0.15, 0.2) is 6.33 Å². The van der Waals surface area contributed by atoms with Crippen LogP contribution in [0.4, 0.5) is 11.6 Å². The molecule has 0 saturated heterocycles. The van der Waals surface area contributed by atoms with E-state index in [4.69, 9.17) is 15.9 Å². The number of aromatic nitrogens is 2.